The summed E-state index contributed by atoms with van der Waals surface area (Å²) in [6, 6.07) is 6.16. The number of rotatable bonds is 7. The lowest BCUT2D eigenvalue weighted by molar-refractivity contribution is -0.130. The Labute approximate surface area is 185 Å². The summed E-state index contributed by atoms with van der Waals surface area (Å²) in [4.78, 5) is 33.0. The summed E-state index contributed by atoms with van der Waals surface area (Å²) in [6.07, 6.45) is 5.82. The Bertz CT molecular complexity index is 922. The number of nitrogens with zero attached hydrogens (tertiary/aromatic N) is 4. The van der Waals surface area contributed by atoms with Crippen molar-refractivity contribution in [2.45, 2.75) is 31.0 Å². The number of hydrogen-bond donors (Lipinski definition) is 1. The molecule has 30 heavy (non-hydrogen) atoms. The molecule has 1 saturated carbocycles. The summed E-state index contributed by atoms with van der Waals surface area (Å²) in [5.41, 5.74) is 1.94. The van der Waals surface area contributed by atoms with Crippen LogP contribution in [0.1, 0.15) is 18.4 Å². The van der Waals surface area contributed by atoms with E-state index < -0.39 is 0 Å². The van der Waals surface area contributed by atoms with Gasteiger partial charge in [-0.05, 0) is 37.5 Å². The first-order valence-corrected chi connectivity index (χ1v) is 11.6. The minimum atomic E-state index is 0.0935. The molecule has 1 saturated heterocycles. The molecule has 7 nitrogen and oxygen atoms in total. The van der Waals surface area contributed by atoms with Crippen LogP contribution in [0.15, 0.2) is 35.7 Å². The van der Waals surface area contributed by atoms with Crippen molar-refractivity contribution in [2.24, 2.45) is 0 Å². The maximum Gasteiger partial charge on any atom is 0.234 e. The van der Waals surface area contributed by atoms with E-state index in [1.807, 2.05) is 40.8 Å². The summed E-state index contributed by atoms with van der Waals surface area (Å²) in [5.74, 6) is 0.522. The van der Waals surface area contributed by atoms with Crippen LogP contribution >= 0.6 is 23.4 Å². The minimum absolute atomic E-state index is 0.0935. The van der Waals surface area contributed by atoms with Gasteiger partial charge in [0.1, 0.15) is 0 Å². The third-order valence-corrected chi connectivity index (χ3v) is 6.83. The number of piperazine rings is 1. The van der Waals surface area contributed by atoms with Gasteiger partial charge in [-0.2, -0.15) is 0 Å². The molecule has 2 aliphatic rings. The molecule has 0 bridgehead atoms. The van der Waals surface area contributed by atoms with Crippen molar-refractivity contribution in [3.63, 3.8) is 0 Å². The first-order chi connectivity index (χ1) is 14.5. The van der Waals surface area contributed by atoms with Crippen molar-refractivity contribution in [1.29, 1.82) is 0 Å². The number of hydrogen-bond acceptors (Lipinski definition) is 5. The van der Waals surface area contributed by atoms with Gasteiger partial charge in [0.25, 0.3) is 0 Å². The number of halogens is 1. The van der Waals surface area contributed by atoms with Crippen LogP contribution in [0.5, 0.6) is 0 Å². The minimum Gasteiger partial charge on any atom is -0.352 e. The number of benzene rings is 1. The number of aromatic nitrogens is 2. The smallest absolute Gasteiger partial charge is 0.234 e. The fourth-order valence-electron chi connectivity index (χ4n) is 3.51. The van der Waals surface area contributed by atoms with E-state index in [2.05, 4.69) is 15.2 Å². The molecule has 0 unspecified atom stereocenters. The summed E-state index contributed by atoms with van der Waals surface area (Å²) in [7, 11) is 0. The van der Waals surface area contributed by atoms with E-state index in [0.29, 0.717) is 36.5 Å². The second kappa shape index (κ2) is 9.41. The van der Waals surface area contributed by atoms with E-state index in [0.717, 1.165) is 42.3 Å². The van der Waals surface area contributed by atoms with Gasteiger partial charge < -0.3 is 10.2 Å². The highest BCUT2D eigenvalue weighted by molar-refractivity contribution is 7.99. The fraction of sp³-hybridized carbons (Fsp3) is 0.476. The van der Waals surface area contributed by atoms with Gasteiger partial charge in [0.2, 0.25) is 11.8 Å². The average molecular weight is 448 g/mol. The Morgan fingerprint density at radius 3 is 2.73 bits per heavy atom. The number of nitrogens with one attached hydrogen (secondary N) is 1. The number of carbonyl (C=O) groups excluding carboxylic acids is 2. The Kier molecular flexibility index (Phi) is 6.65. The Hall–Kier alpha value is -2.03. The van der Waals surface area contributed by atoms with Crippen LogP contribution in [0.25, 0.3) is 5.69 Å². The molecule has 1 aromatic carbocycles. The monoisotopic (exact) mass is 447 g/mol. The highest BCUT2D eigenvalue weighted by Crippen LogP contribution is 2.26. The third kappa shape index (κ3) is 5.17. The fourth-order valence-corrected chi connectivity index (χ4v) is 4.55. The van der Waals surface area contributed by atoms with Gasteiger partial charge in [0, 0.05) is 49.6 Å². The van der Waals surface area contributed by atoms with Crippen molar-refractivity contribution in [3.05, 3.63) is 41.2 Å². The first-order valence-electron chi connectivity index (χ1n) is 10.2. The van der Waals surface area contributed by atoms with Gasteiger partial charge in [0.15, 0.2) is 5.16 Å². The standard InChI is InChI=1S/C21H26ClN5O2S/c1-15-17(22)3-2-4-18(15)27-8-7-23-21(27)30-14-20(29)26-11-9-25(10-12-26)13-19(28)24-16-5-6-16/h2-4,7-8,16H,5-6,9-14H2,1H3,(H,24,28). The Morgan fingerprint density at radius 2 is 2.00 bits per heavy atom. The lowest BCUT2D eigenvalue weighted by Gasteiger charge is -2.34. The second-order valence-electron chi connectivity index (χ2n) is 7.75. The highest BCUT2D eigenvalue weighted by Gasteiger charge is 2.26. The molecule has 0 radical (unpaired) electrons. The van der Waals surface area contributed by atoms with Crippen LogP contribution < -0.4 is 5.32 Å². The number of imidazole rings is 1. The maximum absolute atomic E-state index is 12.7. The zero-order chi connectivity index (χ0) is 21.1. The van der Waals surface area contributed by atoms with E-state index in [-0.39, 0.29) is 11.8 Å². The van der Waals surface area contributed by atoms with Crippen LogP contribution in [0.2, 0.25) is 5.02 Å². The third-order valence-electron chi connectivity index (χ3n) is 5.46. The number of thioether (sulfide) groups is 1. The van der Waals surface area contributed by atoms with Crippen LogP contribution in [0, 0.1) is 6.92 Å². The normalized spacial score (nSPS) is 17.2. The van der Waals surface area contributed by atoms with Gasteiger partial charge in [-0.1, -0.05) is 29.4 Å². The van der Waals surface area contributed by atoms with Crippen LogP contribution in [-0.4, -0.2) is 75.7 Å². The van der Waals surface area contributed by atoms with E-state index in [4.69, 9.17) is 11.6 Å². The summed E-state index contributed by atoms with van der Waals surface area (Å²) < 4.78 is 1.97. The lowest BCUT2D eigenvalue weighted by atomic mass is 10.2. The molecular weight excluding hydrogens is 422 g/mol. The van der Waals surface area contributed by atoms with Gasteiger partial charge in [-0.15, -0.1) is 0 Å². The zero-order valence-electron chi connectivity index (χ0n) is 17.0. The largest absolute Gasteiger partial charge is 0.352 e. The van der Waals surface area contributed by atoms with Crippen molar-refractivity contribution in [1.82, 2.24) is 24.7 Å². The Morgan fingerprint density at radius 1 is 1.23 bits per heavy atom. The van der Waals surface area contributed by atoms with Gasteiger partial charge in [0.05, 0.1) is 18.0 Å². The summed E-state index contributed by atoms with van der Waals surface area (Å²) >= 11 is 7.68. The molecule has 9 heteroatoms. The summed E-state index contributed by atoms with van der Waals surface area (Å²) in [5, 5.41) is 4.49. The number of amides is 2. The molecule has 0 atom stereocenters. The van der Waals surface area contributed by atoms with Crippen molar-refractivity contribution in [2.75, 3.05) is 38.5 Å². The highest BCUT2D eigenvalue weighted by atomic mass is 35.5. The van der Waals surface area contributed by atoms with E-state index in [9.17, 15) is 9.59 Å². The lowest BCUT2D eigenvalue weighted by Crippen LogP contribution is -2.51. The van der Waals surface area contributed by atoms with Gasteiger partial charge in [-0.3, -0.25) is 19.1 Å². The van der Waals surface area contributed by atoms with Crippen molar-refractivity contribution < 1.29 is 9.59 Å². The van der Waals surface area contributed by atoms with Crippen molar-refractivity contribution >= 4 is 35.2 Å². The molecule has 160 valence electrons. The van der Waals surface area contributed by atoms with Crippen LogP contribution in [0.3, 0.4) is 0 Å². The van der Waals surface area contributed by atoms with E-state index >= 15 is 0 Å². The number of carbonyl (C=O) groups is 2. The quantitative estimate of drug-likeness (QED) is 0.660. The van der Waals surface area contributed by atoms with Crippen LogP contribution in [0.4, 0.5) is 0 Å². The maximum atomic E-state index is 12.7. The van der Waals surface area contributed by atoms with E-state index in [1.165, 1.54) is 11.8 Å². The topological polar surface area (TPSA) is 70.5 Å². The van der Waals surface area contributed by atoms with E-state index in [1.54, 1.807) is 6.20 Å². The molecule has 2 fully saturated rings. The average Bonchev–Trinajstić information content (AvgIpc) is 3.42. The predicted octanol–water partition coefficient (Wildman–Crippen LogP) is 2.35. The molecule has 4 rings (SSSR count). The molecular formula is C21H26ClN5O2S. The zero-order valence-corrected chi connectivity index (χ0v) is 18.6. The molecule has 1 aliphatic heterocycles. The second-order valence-corrected chi connectivity index (χ2v) is 9.10. The van der Waals surface area contributed by atoms with Crippen molar-refractivity contribution in [3.8, 4) is 5.69 Å². The molecule has 2 amide bonds. The molecule has 2 heterocycles. The molecule has 1 aromatic heterocycles. The molecule has 2 aromatic rings. The summed E-state index contributed by atoms with van der Waals surface area (Å²) in [6.45, 7) is 5.15. The van der Waals surface area contributed by atoms with Gasteiger partial charge >= 0.3 is 0 Å². The van der Waals surface area contributed by atoms with Gasteiger partial charge in [-0.25, -0.2) is 4.98 Å². The SMILES string of the molecule is Cc1c(Cl)cccc1-n1ccnc1SCC(=O)N1CCN(CC(=O)NC2CC2)CC1. The Balaban J connectivity index is 1.27. The predicted molar refractivity (Wildman–Crippen MR) is 118 cm³/mol. The molecule has 1 aliphatic carbocycles. The van der Waals surface area contributed by atoms with Crippen LogP contribution in [-0.2, 0) is 9.59 Å². The molecule has 0 spiro atoms. The first kappa shape index (κ1) is 21.2. The molecule has 1 N–H and O–H groups in total.